The first-order chi connectivity index (χ1) is 10.6. The molecular formula is C15H16N4O2S. The summed E-state index contributed by atoms with van der Waals surface area (Å²) in [4.78, 5) is 28.3. The van der Waals surface area contributed by atoms with Crippen molar-refractivity contribution in [3.05, 3.63) is 46.5 Å². The molecule has 1 aromatic heterocycles. The van der Waals surface area contributed by atoms with E-state index < -0.39 is 6.04 Å². The van der Waals surface area contributed by atoms with Gasteiger partial charge in [-0.3, -0.25) is 9.59 Å². The first-order valence-electron chi connectivity index (χ1n) is 7.00. The first-order valence-corrected chi connectivity index (χ1v) is 7.88. The third-order valence-corrected chi connectivity index (χ3v) is 4.28. The third-order valence-electron chi connectivity index (χ3n) is 3.56. The Kier molecular flexibility index (Phi) is 4.06. The minimum Gasteiger partial charge on any atom is -0.375 e. The Labute approximate surface area is 131 Å². The Hall–Kier alpha value is -2.41. The Morgan fingerprint density at radius 2 is 2.27 bits per heavy atom. The van der Waals surface area contributed by atoms with Gasteiger partial charge >= 0.3 is 0 Å². The topological polar surface area (TPSA) is 97.1 Å². The third kappa shape index (κ3) is 3.09. The van der Waals surface area contributed by atoms with E-state index in [1.165, 1.54) is 11.3 Å². The van der Waals surface area contributed by atoms with Gasteiger partial charge in [0.05, 0.1) is 5.69 Å². The van der Waals surface area contributed by atoms with Crippen LogP contribution in [0, 0.1) is 0 Å². The number of hydrogen-bond donors (Lipinski definition) is 3. The molecule has 1 atom stereocenters. The van der Waals surface area contributed by atoms with Crippen LogP contribution >= 0.6 is 11.3 Å². The SMILES string of the molecule is Nc1nc(CCNC(=O)[C@H]2Cc3ccccc3C(=O)N2)cs1. The van der Waals surface area contributed by atoms with Gasteiger partial charge in [-0.2, -0.15) is 0 Å². The smallest absolute Gasteiger partial charge is 0.252 e. The zero-order chi connectivity index (χ0) is 15.5. The van der Waals surface area contributed by atoms with E-state index in [0.717, 1.165) is 11.3 Å². The van der Waals surface area contributed by atoms with Gasteiger partial charge in [-0.25, -0.2) is 4.98 Å². The number of carbonyl (C=O) groups is 2. The lowest BCUT2D eigenvalue weighted by molar-refractivity contribution is -0.123. The largest absolute Gasteiger partial charge is 0.375 e. The summed E-state index contributed by atoms with van der Waals surface area (Å²) in [5, 5.41) is 7.97. The van der Waals surface area contributed by atoms with E-state index in [-0.39, 0.29) is 11.8 Å². The maximum absolute atomic E-state index is 12.2. The zero-order valence-electron chi connectivity index (χ0n) is 11.8. The molecule has 0 saturated carbocycles. The first kappa shape index (κ1) is 14.5. The lowest BCUT2D eigenvalue weighted by Gasteiger charge is -2.24. The van der Waals surface area contributed by atoms with Crippen molar-refractivity contribution >= 4 is 28.3 Å². The molecule has 0 bridgehead atoms. The lowest BCUT2D eigenvalue weighted by Crippen LogP contribution is -2.51. The molecule has 22 heavy (non-hydrogen) atoms. The fourth-order valence-electron chi connectivity index (χ4n) is 2.46. The van der Waals surface area contributed by atoms with Crippen LogP contribution in [0.4, 0.5) is 5.13 Å². The molecule has 2 aromatic rings. The molecular weight excluding hydrogens is 300 g/mol. The van der Waals surface area contributed by atoms with Gasteiger partial charge in [0.15, 0.2) is 5.13 Å². The summed E-state index contributed by atoms with van der Waals surface area (Å²) >= 11 is 1.38. The van der Waals surface area contributed by atoms with E-state index in [1.54, 1.807) is 6.07 Å². The van der Waals surface area contributed by atoms with Crippen molar-refractivity contribution in [2.24, 2.45) is 0 Å². The number of nitrogens with zero attached hydrogens (tertiary/aromatic N) is 1. The average molecular weight is 316 g/mol. The summed E-state index contributed by atoms with van der Waals surface area (Å²) in [6, 6.07) is 6.82. The minimum absolute atomic E-state index is 0.175. The Morgan fingerprint density at radius 1 is 1.45 bits per heavy atom. The molecule has 1 aromatic carbocycles. The van der Waals surface area contributed by atoms with Crippen LogP contribution in [0.25, 0.3) is 0 Å². The number of nitrogen functional groups attached to an aromatic ring is 1. The molecule has 7 heteroatoms. The number of fused-ring (bicyclic) bond motifs is 1. The second-order valence-electron chi connectivity index (χ2n) is 5.11. The van der Waals surface area contributed by atoms with Crippen LogP contribution in [0.2, 0.25) is 0 Å². The van der Waals surface area contributed by atoms with Gasteiger partial charge in [-0.15, -0.1) is 11.3 Å². The number of anilines is 1. The van der Waals surface area contributed by atoms with Gasteiger partial charge in [0.2, 0.25) is 5.91 Å². The van der Waals surface area contributed by atoms with Crippen molar-refractivity contribution in [3.8, 4) is 0 Å². The van der Waals surface area contributed by atoms with Crippen LogP contribution in [-0.4, -0.2) is 29.4 Å². The summed E-state index contributed by atoms with van der Waals surface area (Å²) in [5.74, 6) is -0.375. The molecule has 0 unspecified atom stereocenters. The Bertz CT molecular complexity index is 713. The minimum atomic E-state index is -0.525. The highest BCUT2D eigenvalue weighted by Gasteiger charge is 2.28. The van der Waals surface area contributed by atoms with Crippen molar-refractivity contribution in [1.29, 1.82) is 0 Å². The van der Waals surface area contributed by atoms with E-state index in [1.807, 2.05) is 23.6 Å². The van der Waals surface area contributed by atoms with Crippen LogP contribution in [-0.2, 0) is 17.6 Å². The Morgan fingerprint density at radius 3 is 3.05 bits per heavy atom. The second kappa shape index (κ2) is 6.15. The highest BCUT2D eigenvalue weighted by Crippen LogP contribution is 2.16. The maximum atomic E-state index is 12.2. The Balaban J connectivity index is 1.56. The van der Waals surface area contributed by atoms with Crippen LogP contribution in [0.15, 0.2) is 29.6 Å². The van der Waals surface area contributed by atoms with Gasteiger partial charge in [0.1, 0.15) is 6.04 Å². The summed E-state index contributed by atoms with van der Waals surface area (Å²) in [5.41, 5.74) is 7.97. The average Bonchev–Trinajstić information content (AvgIpc) is 2.92. The molecule has 2 amide bonds. The van der Waals surface area contributed by atoms with E-state index in [2.05, 4.69) is 15.6 Å². The molecule has 4 N–H and O–H groups in total. The van der Waals surface area contributed by atoms with Gasteiger partial charge in [-0.1, -0.05) is 18.2 Å². The normalized spacial score (nSPS) is 16.7. The number of nitrogens with two attached hydrogens (primary N) is 1. The molecule has 2 heterocycles. The quantitative estimate of drug-likeness (QED) is 0.775. The van der Waals surface area contributed by atoms with Crippen LogP contribution in [0.3, 0.4) is 0 Å². The van der Waals surface area contributed by atoms with E-state index in [4.69, 9.17) is 5.73 Å². The van der Waals surface area contributed by atoms with Crippen molar-refractivity contribution < 1.29 is 9.59 Å². The van der Waals surface area contributed by atoms with Crippen LogP contribution < -0.4 is 16.4 Å². The lowest BCUT2D eigenvalue weighted by atomic mass is 9.95. The van der Waals surface area contributed by atoms with Crippen LogP contribution in [0.1, 0.15) is 21.6 Å². The fraction of sp³-hybridized carbons (Fsp3) is 0.267. The summed E-state index contributed by atoms with van der Waals surface area (Å²) < 4.78 is 0. The number of aromatic nitrogens is 1. The number of hydrogen-bond acceptors (Lipinski definition) is 5. The van der Waals surface area contributed by atoms with Gasteiger partial charge in [0.25, 0.3) is 5.91 Å². The summed E-state index contributed by atoms with van der Waals surface area (Å²) in [6.45, 7) is 0.468. The fourth-order valence-corrected chi connectivity index (χ4v) is 3.06. The molecule has 3 rings (SSSR count). The number of carbonyl (C=O) groups excluding carboxylic acids is 2. The number of rotatable bonds is 4. The van der Waals surface area contributed by atoms with E-state index in [0.29, 0.717) is 30.1 Å². The molecule has 114 valence electrons. The second-order valence-corrected chi connectivity index (χ2v) is 6.00. The number of thiazole rings is 1. The van der Waals surface area contributed by atoms with Crippen molar-refractivity contribution in [2.75, 3.05) is 12.3 Å². The van der Waals surface area contributed by atoms with Crippen LogP contribution in [0.5, 0.6) is 0 Å². The van der Waals surface area contributed by atoms with Gasteiger partial charge in [0, 0.05) is 30.3 Å². The van der Waals surface area contributed by atoms with Crippen molar-refractivity contribution in [1.82, 2.24) is 15.6 Å². The molecule has 1 aliphatic rings. The molecule has 0 radical (unpaired) electrons. The predicted molar refractivity (Wildman–Crippen MR) is 84.6 cm³/mol. The van der Waals surface area contributed by atoms with Gasteiger partial charge in [-0.05, 0) is 11.6 Å². The number of benzene rings is 1. The molecule has 0 saturated heterocycles. The highest BCUT2D eigenvalue weighted by atomic mass is 32.1. The number of nitrogens with one attached hydrogen (secondary N) is 2. The molecule has 6 nitrogen and oxygen atoms in total. The van der Waals surface area contributed by atoms with E-state index >= 15 is 0 Å². The predicted octanol–water partition coefficient (Wildman–Crippen LogP) is 0.739. The highest BCUT2D eigenvalue weighted by molar-refractivity contribution is 7.13. The van der Waals surface area contributed by atoms with E-state index in [9.17, 15) is 9.59 Å². The summed E-state index contributed by atoms with van der Waals surface area (Å²) in [6.07, 6.45) is 1.13. The standard InChI is InChI=1S/C15H16N4O2S/c16-15-18-10(8-22-15)5-6-17-14(21)12-7-9-3-1-2-4-11(9)13(20)19-12/h1-4,8,12H,5-7H2,(H2,16,18)(H,17,21)(H,19,20)/t12-/m1/s1. The monoisotopic (exact) mass is 316 g/mol. The summed E-state index contributed by atoms with van der Waals surface area (Å²) in [7, 11) is 0. The molecule has 0 fully saturated rings. The van der Waals surface area contributed by atoms with Crippen molar-refractivity contribution in [2.45, 2.75) is 18.9 Å². The zero-order valence-corrected chi connectivity index (χ0v) is 12.7. The molecule has 1 aliphatic heterocycles. The van der Waals surface area contributed by atoms with Gasteiger partial charge < -0.3 is 16.4 Å². The molecule has 0 aliphatic carbocycles. The van der Waals surface area contributed by atoms with Crippen molar-refractivity contribution in [3.63, 3.8) is 0 Å². The number of amides is 2. The maximum Gasteiger partial charge on any atom is 0.252 e. The molecule has 0 spiro atoms.